The van der Waals surface area contributed by atoms with Crippen molar-refractivity contribution < 1.29 is 37.6 Å². The second-order valence-electron chi connectivity index (χ2n) is 10.5. The van der Waals surface area contributed by atoms with Crippen molar-refractivity contribution in [1.82, 2.24) is 9.80 Å². The SMILES string of the molecule is Cc1ccc(S(=O)(=O)[C@](CCCN=C(N)N)(C(=O)Nc2ccc([N+](=O)[O-])cc2)N(CC(=O)O)C(=O)[C@@H]2CCCN2C(=O)CN)cc1. The van der Waals surface area contributed by atoms with Gasteiger partial charge in [0.1, 0.15) is 12.6 Å². The van der Waals surface area contributed by atoms with E-state index in [0.717, 1.165) is 29.2 Å². The highest BCUT2D eigenvalue weighted by Gasteiger charge is 2.59. The number of nitrogens with zero attached hydrogens (tertiary/aromatic N) is 4. The molecule has 1 saturated heterocycles. The number of carboxylic acid groups (broad SMARTS) is 1. The number of guanidine groups is 1. The van der Waals surface area contributed by atoms with Crippen LogP contribution in [0.5, 0.6) is 0 Å². The minimum absolute atomic E-state index is 0.0549. The Balaban J connectivity index is 2.32. The molecule has 18 heteroatoms. The first-order valence-electron chi connectivity index (χ1n) is 14.1. The van der Waals surface area contributed by atoms with Crippen LogP contribution in [0.2, 0.25) is 0 Å². The molecule has 0 unspecified atom stereocenters. The van der Waals surface area contributed by atoms with Crippen LogP contribution in [0, 0.1) is 17.0 Å². The molecule has 0 aromatic heterocycles. The number of amides is 3. The standard InChI is InChI=1S/C28H36N8O9S/c1-18-5-11-21(12-6-18)46(44,45)28(13-3-14-32-27(30)31,26(41)33-19-7-9-20(10-8-19)36(42)43)35(17-24(38)39)25(40)22-4-2-15-34(22)23(37)16-29/h5-12,22H,2-4,13-17,29H2,1H3,(H,33,41)(H,38,39)(H4,30,31,32)/t22-,28+/m0/s1. The van der Waals surface area contributed by atoms with Crippen LogP contribution in [0.4, 0.5) is 11.4 Å². The summed E-state index contributed by atoms with van der Waals surface area (Å²) in [6.07, 6.45) is -0.523. The Bertz CT molecular complexity index is 1610. The highest BCUT2D eigenvalue weighted by Crippen LogP contribution is 2.38. The number of nitrogens with one attached hydrogen (secondary N) is 1. The van der Waals surface area contributed by atoms with Gasteiger partial charge in [-0.15, -0.1) is 0 Å². The number of nitro groups is 1. The van der Waals surface area contributed by atoms with Crippen LogP contribution in [-0.4, -0.2) is 95.0 Å². The first-order valence-corrected chi connectivity index (χ1v) is 15.6. The number of carbonyl (C=O) groups excluding carboxylic acids is 3. The van der Waals surface area contributed by atoms with Gasteiger partial charge >= 0.3 is 5.97 Å². The quantitative estimate of drug-likeness (QED) is 0.0585. The number of rotatable bonds is 14. The molecular formula is C28H36N8O9S. The van der Waals surface area contributed by atoms with E-state index >= 15 is 0 Å². The average Bonchev–Trinajstić information content (AvgIpc) is 3.50. The fraction of sp³-hybridized carbons (Fsp3) is 0.393. The molecule has 2 aromatic rings. The summed E-state index contributed by atoms with van der Waals surface area (Å²) in [5.41, 5.74) is 16.7. The van der Waals surface area contributed by atoms with Crippen molar-refractivity contribution >= 4 is 50.9 Å². The first-order chi connectivity index (χ1) is 21.6. The Labute approximate surface area is 264 Å². The number of sulfone groups is 1. The van der Waals surface area contributed by atoms with Gasteiger partial charge in [-0.3, -0.25) is 34.3 Å². The molecule has 17 nitrogen and oxygen atoms in total. The van der Waals surface area contributed by atoms with Gasteiger partial charge in [0.2, 0.25) is 26.5 Å². The number of benzene rings is 2. The summed E-state index contributed by atoms with van der Waals surface area (Å²) in [4.78, 5) is 66.4. The predicted octanol–water partition coefficient (Wildman–Crippen LogP) is -0.0716. The van der Waals surface area contributed by atoms with E-state index in [1.807, 2.05) is 0 Å². The lowest BCUT2D eigenvalue weighted by atomic mass is 10.0. The van der Waals surface area contributed by atoms with Crippen LogP contribution >= 0.6 is 0 Å². The number of non-ortho nitro benzene ring substituents is 1. The summed E-state index contributed by atoms with van der Waals surface area (Å²) in [5.74, 6) is -5.02. The molecule has 46 heavy (non-hydrogen) atoms. The highest BCUT2D eigenvalue weighted by molar-refractivity contribution is 7.93. The molecule has 1 aliphatic rings. The predicted molar refractivity (Wildman–Crippen MR) is 166 cm³/mol. The maximum Gasteiger partial charge on any atom is 0.323 e. The average molecular weight is 661 g/mol. The molecule has 8 N–H and O–H groups in total. The minimum Gasteiger partial charge on any atom is -0.480 e. The maximum absolute atomic E-state index is 14.8. The zero-order valence-electron chi connectivity index (χ0n) is 25.0. The summed E-state index contributed by atoms with van der Waals surface area (Å²) in [7, 11) is -5.00. The smallest absolute Gasteiger partial charge is 0.323 e. The highest BCUT2D eigenvalue weighted by atomic mass is 32.2. The summed E-state index contributed by atoms with van der Waals surface area (Å²) >= 11 is 0. The second-order valence-corrected chi connectivity index (χ2v) is 12.7. The van der Waals surface area contributed by atoms with E-state index in [9.17, 15) is 42.8 Å². The van der Waals surface area contributed by atoms with Gasteiger partial charge in [-0.05, 0) is 56.9 Å². The number of likely N-dealkylation sites (tertiary alicyclic amines) is 1. The Morgan fingerprint density at radius 3 is 2.30 bits per heavy atom. The van der Waals surface area contributed by atoms with Crippen molar-refractivity contribution in [1.29, 1.82) is 0 Å². The van der Waals surface area contributed by atoms with E-state index in [4.69, 9.17) is 17.2 Å². The van der Waals surface area contributed by atoms with E-state index in [-0.39, 0.29) is 43.3 Å². The molecule has 3 amide bonds. The fourth-order valence-corrected chi connectivity index (χ4v) is 7.28. The molecule has 2 aromatic carbocycles. The number of nitrogens with two attached hydrogens (primary N) is 3. The largest absolute Gasteiger partial charge is 0.480 e. The number of aryl methyl sites for hydroxylation is 1. The summed E-state index contributed by atoms with van der Waals surface area (Å²) in [5, 5.41) is 23.6. The third-order valence-corrected chi connectivity index (χ3v) is 9.85. The summed E-state index contributed by atoms with van der Waals surface area (Å²) in [6.45, 7) is -0.113. The Morgan fingerprint density at radius 1 is 1.13 bits per heavy atom. The Kier molecular flexibility index (Phi) is 11.4. The molecule has 0 radical (unpaired) electrons. The van der Waals surface area contributed by atoms with Gasteiger partial charge in [0.25, 0.3) is 11.6 Å². The zero-order chi connectivity index (χ0) is 34.2. The van der Waals surface area contributed by atoms with Gasteiger partial charge in [-0.1, -0.05) is 17.7 Å². The van der Waals surface area contributed by atoms with Crippen molar-refractivity contribution in [2.24, 2.45) is 22.2 Å². The molecule has 0 spiro atoms. The van der Waals surface area contributed by atoms with Crippen molar-refractivity contribution in [2.45, 2.75) is 48.4 Å². The zero-order valence-corrected chi connectivity index (χ0v) is 25.8. The third-order valence-electron chi connectivity index (χ3n) is 7.46. The Morgan fingerprint density at radius 2 is 1.76 bits per heavy atom. The van der Waals surface area contributed by atoms with Crippen LogP contribution in [0.1, 0.15) is 31.2 Å². The van der Waals surface area contributed by atoms with Crippen molar-refractivity contribution in [2.75, 3.05) is 31.5 Å². The molecule has 0 saturated carbocycles. The summed E-state index contributed by atoms with van der Waals surface area (Å²) < 4.78 is 29.5. The molecule has 0 aliphatic carbocycles. The molecule has 1 aliphatic heterocycles. The monoisotopic (exact) mass is 660 g/mol. The molecule has 2 atom stereocenters. The van der Waals surface area contributed by atoms with E-state index in [2.05, 4.69) is 10.3 Å². The number of carbonyl (C=O) groups is 4. The number of carboxylic acids is 1. The van der Waals surface area contributed by atoms with Gasteiger partial charge in [-0.2, -0.15) is 0 Å². The summed E-state index contributed by atoms with van der Waals surface area (Å²) in [6, 6.07) is 8.50. The van der Waals surface area contributed by atoms with Gasteiger partial charge < -0.3 is 37.4 Å². The first kappa shape index (κ1) is 35.4. The van der Waals surface area contributed by atoms with E-state index in [0.29, 0.717) is 16.9 Å². The topological polar surface area (TPSA) is 275 Å². The van der Waals surface area contributed by atoms with Gasteiger partial charge in [0.15, 0.2) is 5.96 Å². The molecule has 3 rings (SSSR count). The third kappa shape index (κ3) is 7.57. The van der Waals surface area contributed by atoms with Crippen LogP contribution in [0.25, 0.3) is 0 Å². The van der Waals surface area contributed by atoms with Crippen molar-refractivity contribution in [3.63, 3.8) is 0 Å². The van der Waals surface area contributed by atoms with Crippen molar-refractivity contribution in [3.8, 4) is 0 Å². The van der Waals surface area contributed by atoms with Crippen LogP contribution in [-0.2, 0) is 29.0 Å². The molecule has 1 fully saturated rings. The number of aliphatic imine (C=N–C) groups is 1. The minimum atomic E-state index is -5.00. The van der Waals surface area contributed by atoms with Gasteiger partial charge in [0, 0.05) is 30.9 Å². The lowest BCUT2D eigenvalue weighted by Gasteiger charge is -2.43. The number of aliphatic carboxylic acids is 1. The number of nitro benzene ring substituents is 1. The lowest BCUT2D eigenvalue weighted by molar-refractivity contribution is -0.384. The second kappa shape index (κ2) is 14.8. The molecule has 1 heterocycles. The van der Waals surface area contributed by atoms with Gasteiger partial charge in [-0.25, -0.2) is 8.42 Å². The maximum atomic E-state index is 14.8. The molecule has 248 valence electrons. The van der Waals surface area contributed by atoms with Crippen LogP contribution in [0.3, 0.4) is 0 Å². The molecule has 0 bridgehead atoms. The van der Waals surface area contributed by atoms with Crippen LogP contribution < -0.4 is 22.5 Å². The van der Waals surface area contributed by atoms with E-state index in [1.165, 1.54) is 24.3 Å². The number of anilines is 1. The van der Waals surface area contributed by atoms with Gasteiger partial charge in [0.05, 0.1) is 16.4 Å². The lowest BCUT2D eigenvalue weighted by Crippen LogP contribution is -2.67. The fourth-order valence-electron chi connectivity index (χ4n) is 5.24. The van der Waals surface area contributed by atoms with E-state index in [1.54, 1.807) is 6.92 Å². The van der Waals surface area contributed by atoms with Crippen molar-refractivity contribution in [3.05, 3.63) is 64.2 Å². The van der Waals surface area contributed by atoms with Crippen LogP contribution in [0.15, 0.2) is 58.4 Å². The number of hydrogen-bond donors (Lipinski definition) is 5. The Hall–Kier alpha value is -5.10. The normalized spacial score (nSPS) is 15.8. The van der Waals surface area contributed by atoms with E-state index < -0.39 is 73.8 Å². The number of hydrogen-bond acceptors (Lipinski definition) is 10. The molecular weight excluding hydrogens is 624 g/mol.